The Kier molecular flexibility index (Phi) is 5.72. The first kappa shape index (κ1) is 13.7. The molecule has 0 aliphatic heterocycles. The smallest absolute Gasteiger partial charge is 0.287 e. The van der Waals surface area contributed by atoms with Gasteiger partial charge in [-0.05, 0) is 25.2 Å². The van der Waals surface area contributed by atoms with Crippen molar-refractivity contribution in [3.05, 3.63) is 23.7 Å². The van der Waals surface area contributed by atoms with Gasteiger partial charge in [0.2, 0.25) is 0 Å². The Bertz CT molecular complexity index is 345. The largest absolute Gasteiger partial charge is 0.455 e. The molecule has 0 aliphatic rings. The lowest BCUT2D eigenvalue weighted by molar-refractivity contribution is 0.0913. The van der Waals surface area contributed by atoms with E-state index in [0.717, 1.165) is 18.8 Å². The first-order valence-corrected chi connectivity index (χ1v) is 5.91. The van der Waals surface area contributed by atoms with Crippen molar-refractivity contribution in [2.24, 2.45) is 0 Å². The number of hydrogen-bond acceptors (Lipinski definition) is 4. The van der Waals surface area contributed by atoms with Crippen LogP contribution >= 0.6 is 0 Å². The van der Waals surface area contributed by atoms with Crippen molar-refractivity contribution >= 4 is 5.91 Å². The Balaban J connectivity index is 2.55. The van der Waals surface area contributed by atoms with Gasteiger partial charge in [-0.1, -0.05) is 13.8 Å². The van der Waals surface area contributed by atoms with Gasteiger partial charge in [0.25, 0.3) is 5.91 Å². The van der Waals surface area contributed by atoms with Crippen LogP contribution in [-0.4, -0.2) is 42.2 Å². The lowest BCUT2D eigenvalue weighted by Gasteiger charge is -2.15. The van der Waals surface area contributed by atoms with Crippen LogP contribution in [0.15, 0.2) is 16.5 Å². The fourth-order valence-electron chi connectivity index (χ4n) is 1.51. The summed E-state index contributed by atoms with van der Waals surface area (Å²) in [5.74, 6) is 0.785. The predicted molar refractivity (Wildman–Crippen MR) is 64.8 cm³/mol. The average Bonchev–Trinajstić information content (AvgIpc) is 2.81. The summed E-state index contributed by atoms with van der Waals surface area (Å²) in [6.07, 6.45) is 0. The number of hydrogen-bond donors (Lipinski definition) is 2. The molecule has 0 saturated carbocycles. The SMILES string of the molecule is CCN(CC)Cc1ccc(C(=O)NCCO)o1. The number of aliphatic hydroxyl groups is 1. The van der Waals surface area contributed by atoms with E-state index >= 15 is 0 Å². The quantitative estimate of drug-likeness (QED) is 0.741. The summed E-state index contributed by atoms with van der Waals surface area (Å²) in [6.45, 7) is 6.94. The van der Waals surface area contributed by atoms with Crippen LogP contribution < -0.4 is 5.32 Å². The molecule has 1 heterocycles. The molecule has 0 radical (unpaired) electrons. The third-order valence-corrected chi connectivity index (χ3v) is 2.56. The number of furan rings is 1. The molecule has 1 rings (SSSR count). The first-order chi connectivity index (χ1) is 8.21. The second kappa shape index (κ2) is 7.09. The Morgan fingerprint density at radius 2 is 2.12 bits per heavy atom. The maximum Gasteiger partial charge on any atom is 0.287 e. The van der Waals surface area contributed by atoms with E-state index < -0.39 is 0 Å². The Morgan fingerprint density at radius 3 is 2.71 bits per heavy atom. The highest BCUT2D eigenvalue weighted by Gasteiger charge is 2.11. The topological polar surface area (TPSA) is 65.7 Å². The van der Waals surface area contributed by atoms with Crippen molar-refractivity contribution in [3.8, 4) is 0 Å². The molecule has 17 heavy (non-hydrogen) atoms. The maximum atomic E-state index is 11.5. The van der Waals surface area contributed by atoms with E-state index in [9.17, 15) is 4.79 Å². The summed E-state index contributed by atoms with van der Waals surface area (Å²) in [6, 6.07) is 3.47. The molecule has 96 valence electrons. The van der Waals surface area contributed by atoms with Gasteiger partial charge in [0.1, 0.15) is 5.76 Å². The van der Waals surface area contributed by atoms with Crippen LogP contribution in [0.1, 0.15) is 30.2 Å². The molecule has 0 atom stereocenters. The third kappa shape index (κ3) is 4.20. The van der Waals surface area contributed by atoms with E-state index in [4.69, 9.17) is 9.52 Å². The highest BCUT2D eigenvalue weighted by molar-refractivity contribution is 5.91. The molecule has 0 aromatic carbocycles. The zero-order valence-electron chi connectivity index (χ0n) is 10.4. The Labute approximate surface area is 101 Å². The van der Waals surface area contributed by atoms with Gasteiger partial charge in [0.15, 0.2) is 5.76 Å². The molecular formula is C12H20N2O3. The number of rotatable bonds is 7. The van der Waals surface area contributed by atoms with Crippen molar-refractivity contribution in [1.82, 2.24) is 10.2 Å². The molecule has 5 heteroatoms. The molecule has 0 saturated heterocycles. The number of carbonyl (C=O) groups is 1. The molecular weight excluding hydrogens is 220 g/mol. The summed E-state index contributed by atoms with van der Waals surface area (Å²) in [5, 5.41) is 11.1. The van der Waals surface area contributed by atoms with E-state index in [-0.39, 0.29) is 19.1 Å². The van der Waals surface area contributed by atoms with E-state index in [2.05, 4.69) is 24.1 Å². The molecule has 0 unspecified atom stereocenters. The maximum absolute atomic E-state index is 11.5. The van der Waals surface area contributed by atoms with Crippen LogP contribution in [0.5, 0.6) is 0 Å². The van der Waals surface area contributed by atoms with Gasteiger partial charge >= 0.3 is 0 Å². The normalized spacial score (nSPS) is 10.8. The number of nitrogens with one attached hydrogen (secondary N) is 1. The van der Waals surface area contributed by atoms with Crippen molar-refractivity contribution in [1.29, 1.82) is 0 Å². The van der Waals surface area contributed by atoms with Crippen molar-refractivity contribution in [3.63, 3.8) is 0 Å². The minimum absolute atomic E-state index is 0.0707. The second-order valence-corrected chi connectivity index (χ2v) is 3.71. The summed E-state index contributed by atoms with van der Waals surface area (Å²) in [4.78, 5) is 13.7. The first-order valence-electron chi connectivity index (χ1n) is 5.91. The standard InChI is InChI=1S/C12H20N2O3/c1-3-14(4-2)9-10-5-6-11(17-10)12(16)13-7-8-15/h5-6,15H,3-4,7-9H2,1-2H3,(H,13,16). The molecule has 2 N–H and O–H groups in total. The summed E-state index contributed by atoms with van der Waals surface area (Å²) < 4.78 is 5.44. The fraction of sp³-hybridized carbons (Fsp3) is 0.583. The molecule has 5 nitrogen and oxygen atoms in total. The zero-order chi connectivity index (χ0) is 12.7. The van der Waals surface area contributed by atoms with Crippen molar-refractivity contribution in [2.75, 3.05) is 26.2 Å². The van der Waals surface area contributed by atoms with Gasteiger partial charge in [-0.25, -0.2) is 0 Å². The zero-order valence-corrected chi connectivity index (χ0v) is 10.4. The number of carbonyl (C=O) groups excluding carboxylic acids is 1. The van der Waals surface area contributed by atoms with Crippen LogP contribution in [0.25, 0.3) is 0 Å². The van der Waals surface area contributed by atoms with E-state index in [1.165, 1.54) is 0 Å². The van der Waals surface area contributed by atoms with Gasteiger partial charge in [-0.2, -0.15) is 0 Å². The minimum atomic E-state index is -0.287. The lowest BCUT2D eigenvalue weighted by Crippen LogP contribution is -2.26. The molecule has 1 aromatic rings. The second-order valence-electron chi connectivity index (χ2n) is 3.71. The van der Waals surface area contributed by atoms with E-state index in [1.807, 2.05) is 6.07 Å². The summed E-state index contributed by atoms with van der Waals surface area (Å²) in [5.41, 5.74) is 0. The van der Waals surface area contributed by atoms with Crippen LogP contribution in [0.2, 0.25) is 0 Å². The van der Waals surface area contributed by atoms with E-state index in [0.29, 0.717) is 12.3 Å². The van der Waals surface area contributed by atoms with Crippen molar-refractivity contribution < 1.29 is 14.3 Å². The molecule has 0 fully saturated rings. The minimum Gasteiger partial charge on any atom is -0.455 e. The van der Waals surface area contributed by atoms with E-state index in [1.54, 1.807) is 6.07 Å². The van der Waals surface area contributed by atoms with Crippen LogP contribution in [0.3, 0.4) is 0 Å². The number of nitrogens with zero attached hydrogens (tertiary/aromatic N) is 1. The van der Waals surface area contributed by atoms with Gasteiger partial charge in [-0.3, -0.25) is 9.69 Å². The van der Waals surface area contributed by atoms with Crippen LogP contribution in [0.4, 0.5) is 0 Å². The summed E-state index contributed by atoms with van der Waals surface area (Å²) in [7, 11) is 0. The fourth-order valence-corrected chi connectivity index (χ4v) is 1.51. The molecule has 1 amide bonds. The summed E-state index contributed by atoms with van der Waals surface area (Å²) >= 11 is 0. The number of aliphatic hydroxyl groups excluding tert-OH is 1. The van der Waals surface area contributed by atoms with Gasteiger partial charge in [-0.15, -0.1) is 0 Å². The monoisotopic (exact) mass is 240 g/mol. The third-order valence-electron chi connectivity index (χ3n) is 2.56. The van der Waals surface area contributed by atoms with Crippen LogP contribution in [0, 0.1) is 0 Å². The average molecular weight is 240 g/mol. The highest BCUT2D eigenvalue weighted by Crippen LogP contribution is 2.10. The molecule has 0 spiro atoms. The Morgan fingerprint density at radius 1 is 1.41 bits per heavy atom. The Hall–Kier alpha value is -1.33. The molecule has 0 aliphatic carbocycles. The molecule has 0 bridgehead atoms. The van der Waals surface area contributed by atoms with Gasteiger partial charge in [0.05, 0.1) is 13.2 Å². The highest BCUT2D eigenvalue weighted by atomic mass is 16.4. The number of amides is 1. The lowest BCUT2D eigenvalue weighted by atomic mass is 10.3. The predicted octanol–water partition coefficient (Wildman–Crippen LogP) is 0.843. The van der Waals surface area contributed by atoms with Crippen LogP contribution in [-0.2, 0) is 6.54 Å². The molecule has 1 aromatic heterocycles. The van der Waals surface area contributed by atoms with Gasteiger partial charge in [0, 0.05) is 6.54 Å². The van der Waals surface area contributed by atoms with Crippen molar-refractivity contribution in [2.45, 2.75) is 20.4 Å². The van der Waals surface area contributed by atoms with Gasteiger partial charge < -0.3 is 14.8 Å².